The highest BCUT2D eigenvalue weighted by molar-refractivity contribution is 5.81. The number of rotatable bonds is 5. The topological polar surface area (TPSA) is 55.1 Å². The van der Waals surface area contributed by atoms with Crippen LogP contribution >= 0.6 is 0 Å². The van der Waals surface area contributed by atoms with Gasteiger partial charge in [0.15, 0.2) is 0 Å². The van der Waals surface area contributed by atoms with Crippen molar-refractivity contribution in [1.29, 1.82) is 0 Å². The molecule has 0 fully saturated rings. The van der Waals surface area contributed by atoms with Gasteiger partial charge in [0.05, 0.1) is 11.5 Å². The fourth-order valence-electron chi connectivity index (χ4n) is 2.63. The number of aryl methyl sites for hydroxylation is 1. The Bertz CT molecular complexity index is 536. The summed E-state index contributed by atoms with van der Waals surface area (Å²) < 4.78 is 12.9. The number of likely N-dealkylation sites (N-methyl/N-ethyl adjacent to an activating group) is 1. The third-order valence-corrected chi connectivity index (χ3v) is 3.88. The molecule has 0 aliphatic heterocycles. The Balaban J connectivity index is 2.14. The highest BCUT2D eigenvalue weighted by Gasteiger charge is 2.37. The molecule has 0 aromatic heterocycles. The minimum absolute atomic E-state index is 0.243. The van der Waals surface area contributed by atoms with Crippen LogP contribution in [0, 0.1) is 11.7 Å². The van der Waals surface area contributed by atoms with E-state index in [1.165, 1.54) is 12.1 Å². The van der Waals surface area contributed by atoms with Crippen molar-refractivity contribution in [3.05, 3.63) is 60.0 Å². The first kappa shape index (κ1) is 14.5. The second kappa shape index (κ2) is 6.01. The summed E-state index contributed by atoms with van der Waals surface area (Å²) in [5.74, 6) is -0.968. The maximum Gasteiger partial charge on any atom is 0.226 e. The number of halogens is 1. The summed E-state index contributed by atoms with van der Waals surface area (Å²) in [6.07, 6.45) is 9.01. The molecule has 20 heavy (non-hydrogen) atoms. The summed E-state index contributed by atoms with van der Waals surface area (Å²) >= 11 is 0. The fraction of sp³-hybridized carbons (Fsp3) is 0.312. The molecule has 2 atom stereocenters. The van der Waals surface area contributed by atoms with Crippen molar-refractivity contribution < 1.29 is 9.18 Å². The van der Waals surface area contributed by atoms with Gasteiger partial charge < -0.3 is 11.1 Å². The molecule has 0 saturated carbocycles. The third kappa shape index (κ3) is 2.96. The van der Waals surface area contributed by atoms with Crippen molar-refractivity contribution in [2.24, 2.45) is 11.7 Å². The van der Waals surface area contributed by atoms with Crippen LogP contribution in [0.4, 0.5) is 4.39 Å². The zero-order valence-electron chi connectivity index (χ0n) is 11.5. The third-order valence-electron chi connectivity index (χ3n) is 3.88. The molecule has 106 valence electrons. The highest BCUT2D eigenvalue weighted by Crippen LogP contribution is 2.29. The number of carbonyl (C=O) groups excluding carboxylic acids is 1. The van der Waals surface area contributed by atoms with Crippen LogP contribution in [0.2, 0.25) is 0 Å². The van der Waals surface area contributed by atoms with Gasteiger partial charge >= 0.3 is 0 Å². The van der Waals surface area contributed by atoms with Gasteiger partial charge in [-0.05, 0) is 37.6 Å². The molecular weight excluding hydrogens is 255 g/mol. The number of carbonyl (C=O) groups is 1. The number of benzene rings is 1. The number of primary amides is 1. The Morgan fingerprint density at radius 3 is 2.65 bits per heavy atom. The quantitative estimate of drug-likeness (QED) is 0.862. The van der Waals surface area contributed by atoms with Gasteiger partial charge in [-0.25, -0.2) is 4.39 Å². The van der Waals surface area contributed by atoms with E-state index >= 15 is 0 Å². The van der Waals surface area contributed by atoms with Crippen molar-refractivity contribution in [3.8, 4) is 0 Å². The summed E-state index contributed by atoms with van der Waals surface area (Å²) in [5.41, 5.74) is 6.05. The van der Waals surface area contributed by atoms with Crippen molar-refractivity contribution in [2.45, 2.75) is 18.4 Å². The lowest BCUT2D eigenvalue weighted by atomic mass is 9.76. The van der Waals surface area contributed by atoms with Gasteiger partial charge in [-0.15, -0.1) is 0 Å². The Labute approximate surface area is 118 Å². The predicted octanol–water partition coefficient (Wildman–Crippen LogP) is 1.94. The van der Waals surface area contributed by atoms with Crippen LogP contribution < -0.4 is 11.1 Å². The zero-order chi connectivity index (χ0) is 14.6. The summed E-state index contributed by atoms with van der Waals surface area (Å²) in [5, 5.41) is 3.22. The molecule has 4 heteroatoms. The molecule has 0 bridgehead atoms. The van der Waals surface area contributed by atoms with Gasteiger partial charge in [0.25, 0.3) is 0 Å². The van der Waals surface area contributed by atoms with Crippen LogP contribution in [0.15, 0.2) is 48.6 Å². The molecule has 3 N–H and O–H groups in total. The first-order chi connectivity index (χ1) is 9.57. The number of amides is 1. The minimum atomic E-state index is -0.477. The molecule has 1 aromatic rings. The SMILES string of the molecule is CNC1(CCc2ccc(F)cc2)C=CC=CC1C(N)=O. The molecule has 1 aliphatic rings. The summed E-state index contributed by atoms with van der Waals surface area (Å²) in [7, 11) is 1.82. The zero-order valence-corrected chi connectivity index (χ0v) is 11.5. The second-order valence-electron chi connectivity index (χ2n) is 5.04. The average molecular weight is 274 g/mol. The van der Waals surface area contributed by atoms with E-state index in [9.17, 15) is 9.18 Å². The number of nitrogens with one attached hydrogen (secondary N) is 1. The van der Waals surface area contributed by atoms with Crippen LogP contribution in [-0.4, -0.2) is 18.5 Å². The van der Waals surface area contributed by atoms with Crippen LogP contribution in [0.1, 0.15) is 12.0 Å². The van der Waals surface area contributed by atoms with E-state index in [4.69, 9.17) is 5.73 Å². The molecule has 0 spiro atoms. The van der Waals surface area contributed by atoms with E-state index in [-0.39, 0.29) is 17.6 Å². The molecule has 0 radical (unpaired) electrons. The Kier molecular flexibility index (Phi) is 4.35. The lowest BCUT2D eigenvalue weighted by Crippen LogP contribution is -2.53. The standard InChI is InChI=1S/C16H19FN2O/c1-19-16(10-3-2-4-14(16)15(18)20)11-9-12-5-7-13(17)8-6-12/h2-8,10,14,19H,9,11H2,1H3,(H2,18,20). The van der Waals surface area contributed by atoms with E-state index in [0.29, 0.717) is 6.42 Å². The number of hydrogen-bond donors (Lipinski definition) is 2. The maximum atomic E-state index is 12.9. The van der Waals surface area contributed by atoms with E-state index in [0.717, 1.165) is 12.0 Å². The van der Waals surface area contributed by atoms with Crippen LogP contribution in [0.5, 0.6) is 0 Å². The molecular formula is C16H19FN2O. The van der Waals surface area contributed by atoms with Crippen molar-refractivity contribution in [2.75, 3.05) is 7.05 Å². The van der Waals surface area contributed by atoms with Crippen molar-refractivity contribution >= 4 is 5.91 Å². The average Bonchev–Trinajstić information content (AvgIpc) is 2.46. The summed E-state index contributed by atoms with van der Waals surface area (Å²) in [6, 6.07) is 6.42. The fourth-order valence-corrected chi connectivity index (χ4v) is 2.63. The van der Waals surface area contributed by atoms with E-state index in [2.05, 4.69) is 5.32 Å². The van der Waals surface area contributed by atoms with Crippen LogP contribution in [-0.2, 0) is 11.2 Å². The first-order valence-corrected chi connectivity index (χ1v) is 6.66. The largest absolute Gasteiger partial charge is 0.369 e. The van der Waals surface area contributed by atoms with E-state index < -0.39 is 5.54 Å². The lowest BCUT2D eigenvalue weighted by Gasteiger charge is -2.37. The smallest absolute Gasteiger partial charge is 0.226 e. The molecule has 1 aliphatic carbocycles. The molecule has 1 amide bonds. The van der Waals surface area contributed by atoms with E-state index in [1.807, 2.05) is 31.4 Å². The Hall–Kier alpha value is -1.94. The van der Waals surface area contributed by atoms with Crippen LogP contribution in [0.3, 0.4) is 0 Å². The van der Waals surface area contributed by atoms with E-state index in [1.54, 1.807) is 12.1 Å². The molecule has 1 aromatic carbocycles. The lowest BCUT2D eigenvalue weighted by molar-refractivity contribution is -0.122. The Morgan fingerprint density at radius 2 is 2.05 bits per heavy atom. The minimum Gasteiger partial charge on any atom is -0.369 e. The molecule has 3 nitrogen and oxygen atoms in total. The van der Waals surface area contributed by atoms with Crippen LogP contribution in [0.25, 0.3) is 0 Å². The first-order valence-electron chi connectivity index (χ1n) is 6.66. The molecule has 2 rings (SSSR count). The molecule has 2 unspecified atom stereocenters. The predicted molar refractivity (Wildman–Crippen MR) is 77.5 cm³/mol. The maximum absolute atomic E-state index is 12.9. The van der Waals surface area contributed by atoms with Gasteiger partial charge in [-0.1, -0.05) is 36.4 Å². The normalized spacial score (nSPS) is 24.8. The molecule has 0 saturated heterocycles. The van der Waals surface area contributed by atoms with Crippen molar-refractivity contribution in [1.82, 2.24) is 5.32 Å². The van der Waals surface area contributed by atoms with Gasteiger partial charge in [-0.3, -0.25) is 4.79 Å². The van der Waals surface area contributed by atoms with Gasteiger partial charge in [0.1, 0.15) is 5.82 Å². The summed E-state index contributed by atoms with van der Waals surface area (Å²) in [4.78, 5) is 11.6. The summed E-state index contributed by atoms with van der Waals surface area (Å²) in [6.45, 7) is 0. The van der Waals surface area contributed by atoms with Crippen molar-refractivity contribution in [3.63, 3.8) is 0 Å². The number of allylic oxidation sites excluding steroid dienone is 2. The van der Waals surface area contributed by atoms with Gasteiger partial charge in [-0.2, -0.15) is 0 Å². The molecule has 0 heterocycles. The highest BCUT2D eigenvalue weighted by atomic mass is 19.1. The second-order valence-corrected chi connectivity index (χ2v) is 5.04. The monoisotopic (exact) mass is 274 g/mol. The van der Waals surface area contributed by atoms with Gasteiger partial charge in [0.2, 0.25) is 5.91 Å². The number of nitrogens with two attached hydrogens (primary N) is 1. The van der Waals surface area contributed by atoms with Gasteiger partial charge in [0, 0.05) is 0 Å². The number of hydrogen-bond acceptors (Lipinski definition) is 2. The Morgan fingerprint density at radius 1 is 1.35 bits per heavy atom.